The highest BCUT2D eigenvalue weighted by molar-refractivity contribution is 7.18. The summed E-state index contributed by atoms with van der Waals surface area (Å²) < 4.78 is 5.13. The molecule has 0 aliphatic carbocycles. The molecule has 2 N–H and O–H groups in total. The largest absolute Gasteiger partial charge is 0.497 e. The smallest absolute Gasteiger partial charge is 0.239 e. The number of anilines is 1. The van der Waals surface area contributed by atoms with E-state index >= 15 is 0 Å². The van der Waals surface area contributed by atoms with Gasteiger partial charge in [-0.05, 0) is 49.9 Å². The van der Waals surface area contributed by atoms with Crippen molar-refractivity contribution in [3.63, 3.8) is 0 Å². The van der Waals surface area contributed by atoms with Crippen LogP contribution >= 0.6 is 11.3 Å². The molecule has 3 aromatic rings. The molecule has 8 nitrogen and oxygen atoms in total. The average molecular weight is 468 g/mol. The van der Waals surface area contributed by atoms with Gasteiger partial charge in [0.05, 0.1) is 19.0 Å². The van der Waals surface area contributed by atoms with Crippen LogP contribution in [0, 0.1) is 19.8 Å². The second-order valence-electron chi connectivity index (χ2n) is 8.26. The predicted molar refractivity (Wildman–Crippen MR) is 130 cm³/mol. The summed E-state index contributed by atoms with van der Waals surface area (Å²) in [7, 11) is 1.61. The molecule has 0 saturated carbocycles. The lowest BCUT2D eigenvalue weighted by Gasteiger charge is -2.32. The van der Waals surface area contributed by atoms with Gasteiger partial charge in [0.15, 0.2) is 0 Å². The number of rotatable bonds is 7. The van der Waals surface area contributed by atoms with E-state index in [4.69, 9.17) is 4.74 Å². The van der Waals surface area contributed by atoms with E-state index in [2.05, 4.69) is 39.3 Å². The van der Waals surface area contributed by atoms with Crippen LogP contribution in [-0.4, -0.2) is 48.5 Å². The van der Waals surface area contributed by atoms with Gasteiger partial charge < -0.3 is 20.3 Å². The summed E-state index contributed by atoms with van der Waals surface area (Å²) in [5.41, 5.74) is 2.20. The minimum Gasteiger partial charge on any atom is -0.497 e. The number of thiophene rings is 1. The Balaban J connectivity index is 1.24. The van der Waals surface area contributed by atoms with E-state index in [-0.39, 0.29) is 24.3 Å². The van der Waals surface area contributed by atoms with Gasteiger partial charge in [-0.3, -0.25) is 9.59 Å². The molecule has 1 fully saturated rings. The number of carbonyl (C=O) groups excluding carboxylic acids is 2. The molecule has 2 amide bonds. The van der Waals surface area contributed by atoms with Crippen LogP contribution in [0.2, 0.25) is 0 Å². The minimum absolute atomic E-state index is 0.0187. The lowest BCUT2D eigenvalue weighted by Crippen LogP contribution is -2.43. The molecule has 174 valence electrons. The van der Waals surface area contributed by atoms with Gasteiger partial charge in [-0.2, -0.15) is 0 Å². The average Bonchev–Trinajstić information content (AvgIpc) is 3.15. The van der Waals surface area contributed by atoms with Gasteiger partial charge >= 0.3 is 0 Å². The molecule has 0 spiro atoms. The Morgan fingerprint density at radius 1 is 1.12 bits per heavy atom. The summed E-state index contributed by atoms with van der Waals surface area (Å²) in [5, 5.41) is 6.74. The minimum atomic E-state index is -0.205. The molecule has 3 heterocycles. The second kappa shape index (κ2) is 10.2. The Hall–Kier alpha value is -3.20. The fourth-order valence-corrected chi connectivity index (χ4v) is 5.07. The Kier molecular flexibility index (Phi) is 7.08. The van der Waals surface area contributed by atoms with Crippen LogP contribution in [0.5, 0.6) is 5.75 Å². The van der Waals surface area contributed by atoms with Gasteiger partial charge in [0, 0.05) is 30.4 Å². The third-order valence-corrected chi connectivity index (χ3v) is 7.30. The SMILES string of the molecule is COc1ccc(CNC(=O)CNC(=O)C2CCN(c3ncnc4sc(C)c(C)c34)CC2)cc1. The van der Waals surface area contributed by atoms with Crippen LogP contribution in [-0.2, 0) is 16.1 Å². The number of nitrogens with one attached hydrogen (secondary N) is 2. The molecule has 2 aromatic heterocycles. The molecule has 0 radical (unpaired) electrons. The number of hydrogen-bond acceptors (Lipinski definition) is 7. The predicted octanol–water partition coefficient (Wildman–Crippen LogP) is 2.97. The van der Waals surface area contributed by atoms with Crippen molar-refractivity contribution in [2.24, 2.45) is 5.92 Å². The van der Waals surface area contributed by atoms with Gasteiger partial charge in [0.25, 0.3) is 0 Å². The van der Waals surface area contributed by atoms with Crippen molar-refractivity contribution in [1.82, 2.24) is 20.6 Å². The Labute approximate surface area is 197 Å². The summed E-state index contributed by atoms with van der Waals surface area (Å²) in [4.78, 5) is 38.2. The quantitative estimate of drug-likeness (QED) is 0.555. The first-order chi connectivity index (χ1) is 16.0. The monoisotopic (exact) mass is 467 g/mol. The highest BCUT2D eigenvalue weighted by atomic mass is 32.1. The van der Waals surface area contributed by atoms with E-state index in [1.54, 1.807) is 24.8 Å². The van der Waals surface area contributed by atoms with Gasteiger partial charge in [-0.15, -0.1) is 11.3 Å². The third-order valence-electron chi connectivity index (χ3n) is 6.18. The van der Waals surface area contributed by atoms with Crippen molar-refractivity contribution in [2.75, 3.05) is 31.6 Å². The molecular formula is C24H29N5O3S. The van der Waals surface area contributed by atoms with E-state index in [1.807, 2.05) is 24.3 Å². The molecule has 1 saturated heterocycles. The highest BCUT2D eigenvalue weighted by Gasteiger charge is 2.27. The maximum Gasteiger partial charge on any atom is 0.239 e. The number of benzene rings is 1. The van der Waals surface area contributed by atoms with Crippen LogP contribution in [0.15, 0.2) is 30.6 Å². The molecule has 33 heavy (non-hydrogen) atoms. The molecule has 1 aromatic carbocycles. The summed E-state index contributed by atoms with van der Waals surface area (Å²) in [5.74, 6) is 1.36. The lowest BCUT2D eigenvalue weighted by atomic mass is 9.95. The summed E-state index contributed by atoms with van der Waals surface area (Å²) in [6.07, 6.45) is 3.08. The van der Waals surface area contributed by atoms with Crippen molar-refractivity contribution in [3.8, 4) is 5.75 Å². The standard InChI is InChI=1S/C24H29N5O3S/c1-15-16(2)33-24-21(15)22(27-14-28-24)29-10-8-18(9-11-29)23(31)26-13-20(30)25-12-17-4-6-19(32-3)7-5-17/h4-7,14,18H,8-13H2,1-3H3,(H,25,30)(H,26,31). The number of amides is 2. The van der Waals surface area contributed by atoms with E-state index in [0.717, 1.165) is 53.3 Å². The number of piperidine rings is 1. The number of aromatic nitrogens is 2. The molecule has 1 aliphatic heterocycles. The van der Waals surface area contributed by atoms with Crippen LogP contribution in [0.25, 0.3) is 10.2 Å². The van der Waals surface area contributed by atoms with Crippen LogP contribution in [0.4, 0.5) is 5.82 Å². The van der Waals surface area contributed by atoms with Gasteiger partial charge in [0.1, 0.15) is 22.7 Å². The van der Waals surface area contributed by atoms with Crippen molar-refractivity contribution >= 4 is 39.2 Å². The normalized spacial score (nSPS) is 14.3. The Morgan fingerprint density at radius 3 is 2.55 bits per heavy atom. The molecule has 1 aliphatic rings. The van der Waals surface area contributed by atoms with Crippen molar-refractivity contribution < 1.29 is 14.3 Å². The van der Waals surface area contributed by atoms with Crippen molar-refractivity contribution in [1.29, 1.82) is 0 Å². The van der Waals surface area contributed by atoms with Crippen LogP contribution < -0.4 is 20.3 Å². The van der Waals surface area contributed by atoms with Crippen LogP contribution in [0.1, 0.15) is 28.8 Å². The number of nitrogens with zero attached hydrogens (tertiary/aromatic N) is 3. The van der Waals surface area contributed by atoms with Gasteiger partial charge in [-0.1, -0.05) is 12.1 Å². The number of methoxy groups -OCH3 is 1. The van der Waals surface area contributed by atoms with Crippen molar-refractivity contribution in [2.45, 2.75) is 33.2 Å². The highest BCUT2D eigenvalue weighted by Crippen LogP contribution is 2.35. The van der Waals surface area contributed by atoms with Crippen LogP contribution in [0.3, 0.4) is 0 Å². The Morgan fingerprint density at radius 2 is 1.85 bits per heavy atom. The molecule has 0 unspecified atom stereocenters. The third kappa shape index (κ3) is 5.24. The zero-order valence-electron chi connectivity index (χ0n) is 19.2. The van der Waals surface area contributed by atoms with E-state index in [1.165, 1.54) is 10.4 Å². The number of ether oxygens (including phenoxy) is 1. The first kappa shape index (κ1) is 23.0. The maximum atomic E-state index is 12.6. The fraction of sp³-hybridized carbons (Fsp3) is 0.417. The molecule has 9 heteroatoms. The van der Waals surface area contributed by atoms with Crippen molar-refractivity contribution in [3.05, 3.63) is 46.6 Å². The van der Waals surface area contributed by atoms with E-state index in [9.17, 15) is 9.59 Å². The second-order valence-corrected chi connectivity index (χ2v) is 9.47. The summed E-state index contributed by atoms with van der Waals surface area (Å²) in [6, 6.07) is 7.50. The van der Waals surface area contributed by atoms with Gasteiger partial charge in [-0.25, -0.2) is 9.97 Å². The zero-order chi connectivity index (χ0) is 23.4. The Bertz CT molecular complexity index is 1140. The number of aryl methyl sites for hydroxylation is 2. The number of carbonyl (C=O) groups is 2. The fourth-order valence-electron chi connectivity index (χ4n) is 4.08. The van der Waals surface area contributed by atoms with E-state index in [0.29, 0.717) is 6.54 Å². The zero-order valence-corrected chi connectivity index (χ0v) is 20.0. The summed E-state index contributed by atoms with van der Waals surface area (Å²) >= 11 is 1.69. The maximum absolute atomic E-state index is 12.6. The molecule has 0 bridgehead atoms. The number of hydrogen-bond donors (Lipinski definition) is 2. The molecular weight excluding hydrogens is 438 g/mol. The molecule has 0 atom stereocenters. The molecule has 4 rings (SSSR count). The lowest BCUT2D eigenvalue weighted by molar-refractivity contribution is -0.129. The number of fused-ring (bicyclic) bond motifs is 1. The van der Waals surface area contributed by atoms with E-state index < -0.39 is 0 Å². The first-order valence-corrected chi connectivity index (χ1v) is 11.9. The first-order valence-electron chi connectivity index (χ1n) is 11.1. The summed E-state index contributed by atoms with van der Waals surface area (Å²) in [6.45, 7) is 6.11. The van der Waals surface area contributed by atoms with Gasteiger partial charge in [0.2, 0.25) is 11.8 Å². The topological polar surface area (TPSA) is 96.5 Å².